The van der Waals surface area contributed by atoms with E-state index in [2.05, 4.69) is 15.7 Å². The van der Waals surface area contributed by atoms with Gasteiger partial charge in [-0.15, -0.1) is 0 Å². The highest BCUT2D eigenvalue weighted by atomic mass is 16.1. The van der Waals surface area contributed by atoms with Gasteiger partial charge in [-0.05, 0) is 18.1 Å². The standard InChI is InChI=1S/C14H16N4O/c15-18-13-10-16-8-7-12(13)14(19)17-9-6-11-4-2-1-3-5-11/h1-5,7-8,10,18H,6,9,15H2,(H,17,19). The number of amides is 1. The van der Waals surface area contributed by atoms with E-state index in [1.807, 2.05) is 30.3 Å². The van der Waals surface area contributed by atoms with Crippen LogP contribution in [-0.2, 0) is 6.42 Å². The number of carbonyl (C=O) groups is 1. The first-order valence-electron chi connectivity index (χ1n) is 6.04. The first kappa shape index (κ1) is 13.0. The molecule has 1 aromatic heterocycles. The minimum atomic E-state index is -0.161. The van der Waals surface area contributed by atoms with Crippen LogP contribution in [0.15, 0.2) is 48.8 Å². The lowest BCUT2D eigenvalue weighted by molar-refractivity contribution is 0.0955. The van der Waals surface area contributed by atoms with Crippen molar-refractivity contribution in [3.63, 3.8) is 0 Å². The average molecular weight is 256 g/mol. The highest BCUT2D eigenvalue weighted by Gasteiger charge is 2.09. The molecule has 5 heteroatoms. The lowest BCUT2D eigenvalue weighted by Gasteiger charge is -2.09. The maximum Gasteiger partial charge on any atom is 0.253 e. The molecule has 2 aromatic rings. The third-order valence-corrected chi connectivity index (χ3v) is 2.76. The van der Waals surface area contributed by atoms with Gasteiger partial charge in [0.15, 0.2) is 0 Å². The van der Waals surface area contributed by atoms with Crippen LogP contribution in [0.25, 0.3) is 0 Å². The number of aromatic nitrogens is 1. The zero-order chi connectivity index (χ0) is 13.5. The number of benzene rings is 1. The third kappa shape index (κ3) is 3.53. The number of rotatable bonds is 5. The Morgan fingerprint density at radius 3 is 2.74 bits per heavy atom. The quantitative estimate of drug-likeness (QED) is 0.557. The van der Waals surface area contributed by atoms with Crippen molar-refractivity contribution in [2.75, 3.05) is 12.0 Å². The summed E-state index contributed by atoms with van der Waals surface area (Å²) in [6, 6.07) is 11.6. The first-order valence-corrected chi connectivity index (χ1v) is 6.04. The van der Waals surface area contributed by atoms with Crippen LogP contribution in [0.1, 0.15) is 15.9 Å². The summed E-state index contributed by atoms with van der Waals surface area (Å²) >= 11 is 0. The van der Waals surface area contributed by atoms with Crippen molar-refractivity contribution in [3.05, 3.63) is 59.9 Å². The molecule has 0 aliphatic carbocycles. The molecule has 1 aromatic carbocycles. The highest BCUT2D eigenvalue weighted by molar-refractivity contribution is 5.99. The van der Waals surface area contributed by atoms with Crippen LogP contribution in [0.2, 0.25) is 0 Å². The number of hydrogen-bond donors (Lipinski definition) is 3. The number of pyridine rings is 1. The van der Waals surface area contributed by atoms with Crippen molar-refractivity contribution in [3.8, 4) is 0 Å². The van der Waals surface area contributed by atoms with Crippen LogP contribution in [-0.4, -0.2) is 17.4 Å². The molecule has 0 bridgehead atoms. The summed E-state index contributed by atoms with van der Waals surface area (Å²) in [5.41, 5.74) is 4.66. The highest BCUT2D eigenvalue weighted by Crippen LogP contribution is 2.11. The van der Waals surface area contributed by atoms with E-state index in [1.54, 1.807) is 12.3 Å². The predicted octanol–water partition coefficient (Wildman–Crippen LogP) is 1.34. The fraction of sp³-hybridized carbons (Fsp3) is 0.143. The summed E-state index contributed by atoms with van der Waals surface area (Å²) < 4.78 is 0. The monoisotopic (exact) mass is 256 g/mol. The Balaban J connectivity index is 1.91. The molecule has 0 saturated carbocycles. The molecule has 1 amide bonds. The molecular formula is C14H16N4O. The van der Waals surface area contributed by atoms with Gasteiger partial charge in [0.1, 0.15) is 0 Å². The molecular weight excluding hydrogens is 240 g/mol. The van der Waals surface area contributed by atoms with E-state index in [-0.39, 0.29) is 5.91 Å². The largest absolute Gasteiger partial charge is 0.352 e. The number of hydrazine groups is 1. The number of hydrogen-bond acceptors (Lipinski definition) is 4. The van der Waals surface area contributed by atoms with E-state index in [1.165, 1.54) is 11.8 Å². The maximum atomic E-state index is 12.0. The maximum absolute atomic E-state index is 12.0. The topological polar surface area (TPSA) is 80.0 Å². The molecule has 0 fully saturated rings. The molecule has 0 radical (unpaired) electrons. The van der Waals surface area contributed by atoms with Crippen LogP contribution in [0.4, 0.5) is 5.69 Å². The first-order chi connectivity index (χ1) is 9.31. The molecule has 98 valence electrons. The molecule has 4 N–H and O–H groups in total. The van der Waals surface area contributed by atoms with Gasteiger partial charge < -0.3 is 10.7 Å². The van der Waals surface area contributed by atoms with Gasteiger partial charge in [-0.3, -0.25) is 15.6 Å². The van der Waals surface area contributed by atoms with Crippen LogP contribution in [0.3, 0.4) is 0 Å². The second-order valence-electron chi connectivity index (χ2n) is 4.06. The molecule has 5 nitrogen and oxygen atoms in total. The Bertz CT molecular complexity index is 542. The summed E-state index contributed by atoms with van der Waals surface area (Å²) in [6.07, 6.45) is 3.88. The van der Waals surface area contributed by atoms with Crippen LogP contribution < -0.4 is 16.6 Å². The van der Waals surface area contributed by atoms with E-state index < -0.39 is 0 Å². The summed E-state index contributed by atoms with van der Waals surface area (Å²) in [4.78, 5) is 15.9. The smallest absolute Gasteiger partial charge is 0.253 e. The Morgan fingerprint density at radius 2 is 2.00 bits per heavy atom. The van der Waals surface area contributed by atoms with Gasteiger partial charge in [-0.1, -0.05) is 30.3 Å². The molecule has 0 saturated heterocycles. The van der Waals surface area contributed by atoms with E-state index in [4.69, 9.17) is 5.84 Å². The summed E-state index contributed by atoms with van der Waals surface area (Å²) in [7, 11) is 0. The fourth-order valence-corrected chi connectivity index (χ4v) is 1.77. The lowest BCUT2D eigenvalue weighted by atomic mass is 10.1. The molecule has 0 aliphatic rings. The Kier molecular flexibility index (Phi) is 4.47. The molecule has 0 unspecified atom stereocenters. The second-order valence-corrected chi connectivity index (χ2v) is 4.06. The molecule has 0 atom stereocenters. The molecule has 1 heterocycles. The van der Waals surface area contributed by atoms with E-state index >= 15 is 0 Å². The SMILES string of the molecule is NNc1cnccc1C(=O)NCCc1ccccc1. The number of nitrogens with two attached hydrogens (primary N) is 1. The van der Waals surface area contributed by atoms with Crippen LogP contribution in [0, 0.1) is 0 Å². The Morgan fingerprint density at radius 1 is 1.21 bits per heavy atom. The van der Waals surface area contributed by atoms with Crippen LogP contribution >= 0.6 is 0 Å². The number of nitrogens with zero attached hydrogens (tertiary/aromatic N) is 1. The Hall–Kier alpha value is -2.40. The van der Waals surface area contributed by atoms with Crippen molar-refractivity contribution in [1.29, 1.82) is 0 Å². The number of carbonyl (C=O) groups excluding carboxylic acids is 1. The van der Waals surface area contributed by atoms with Gasteiger partial charge in [0.2, 0.25) is 0 Å². The average Bonchev–Trinajstić information content (AvgIpc) is 2.48. The fourth-order valence-electron chi connectivity index (χ4n) is 1.77. The minimum Gasteiger partial charge on any atom is -0.352 e. The molecule has 2 rings (SSSR count). The van der Waals surface area contributed by atoms with Gasteiger partial charge >= 0.3 is 0 Å². The zero-order valence-electron chi connectivity index (χ0n) is 10.5. The molecule has 19 heavy (non-hydrogen) atoms. The van der Waals surface area contributed by atoms with Crippen molar-refractivity contribution < 1.29 is 4.79 Å². The van der Waals surface area contributed by atoms with Gasteiger partial charge in [0, 0.05) is 12.7 Å². The Labute approximate surface area is 111 Å². The normalized spacial score (nSPS) is 9.95. The third-order valence-electron chi connectivity index (χ3n) is 2.76. The number of nitrogen functional groups attached to an aromatic ring is 1. The van der Waals surface area contributed by atoms with Crippen molar-refractivity contribution in [1.82, 2.24) is 10.3 Å². The molecule has 0 spiro atoms. The van der Waals surface area contributed by atoms with Crippen molar-refractivity contribution in [2.45, 2.75) is 6.42 Å². The molecule has 0 aliphatic heterocycles. The van der Waals surface area contributed by atoms with Gasteiger partial charge in [-0.25, -0.2) is 0 Å². The summed E-state index contributed by atoms with van der Waals surface area (Å²) in [5.74, 6) is 5.18. The van der Waals surface area contributed by atoms with Crippen molar-refractivity contribution >= 4 is 11.6 Å². The van der Waals surface area contributed by atoms with E-state index in [0.29, 0.717) is 17.8 Å². The van der Waals surface area contributed by atoms with Gasteiger partial charge in [0.25, 0.3) is 5.91 Å². The lowest BCUT2D eigenvalue weighted by Crippen LogP contribution is -2.27. The predicted molar refractivity (Wildman–Crippen MR) is 74.5 cm³/mol. The van der Waals surface area contributed by atoms with E-state index in [0.717, 1.165) is 6.42 Å². The number of nitrogens with one attached hydrogen (secondary N) is 2. The van der Waals surface area contributed by atoms with E-state index in [9.17, 15) is 4.79 Å². The minimum absolute atomic E-state index is 0.161. The number of anilines is 1. The summed E-state index contributed by atoms with van der Waals surface area (Å²) in [6.45, 7) is 0.579. The van der Waals surface area contributed by atoms with Crippen LogP contribution in [0.5, 0.6) is 0 Å². The van der Waals surface area contributed by atoms with Gasteiger partial charge in [-0.2, -0.15) is 0 Å². The van der Waals surface area contributed by atoms with Crippen molar-refractivity contribution in [2.24, 2.45) is 5.84 Å². The van der Waals surface area contributed by atoms with Gasteiger partial charge in [0.05, 0.1) is 17.4 Å². The second kappa shape index (κ2) is 6.51. The zero-order valence-corrected chi connectivity index (χ0v) is 10.5. The summed E-state index contributed by atoms with van der Waals surface area (Å²) in [5, 5.41) is 2.86.